The number of rotatable bonds is 13. The summed E-state index contributed by atoms with van der Waals surface area (Å²) in [6.07, 6.45) is 17.8. The Morgan fingerprint density at radius 1 is 0.433 bits per heavy atom. The molecular weight excluding hydrogens is 1170 g/mol. The Morgan fingerprint density at radius 2 is 0.756 bits per heavy atom. The molecule has 452 valence electrons. The van der Waals surface area contributed by atoms with Gasteiger partial charge in [-0.05, 0) is 160 Å². The standard InChI is InChI=1S/C26H24N2O2S.C25H22N2O2S.C25H24N2OS/c1-6-7-23(30)19-9-11-20(12-10-19)25-24-17(4)18(5)31-26(24)28-15(2)8-13-22(28)21(27-25)14-16(3)29;1-6-22(29)18-8-10-19(11-9-18)24-23-16(4)17(5)30-25(23)27-14(2)7-12-21(27)20(26-24)13-15(3)28;1-6-7-19-9-11-20(12-10-19)24-23-17(4)18(5)29-25(23)27-15(2)8-13-22(27)21(26-24)14-16(3)28/h1,8-13,21H,7,14H2,2-5H3;1,7-12,20H,13H2,2-5H3;1,8-13,21H,7,14H2,2-5H3/t21-;20-;21-/m000/s1. The molecule has 0 unspecified atom stereocenters. The molecule has 0 saturated carbocycles. The molecule has 3 aromatic carbocycles. The van der Waals surface area contributed by atoms with Crippen LogP contribution in [0, 0.1) is 99.3 Å². The van der Waals surface area contributed by atoms with E-state index < -0.39 is 0 Å². The predicted molar refractivity (Wildman–Crippen MR) is 367 cm³/mol. The molecule has 3 aliphatic heterocycles. The van der Waals surface area contributed by atoms with E-state index in [1.807, 2.05) is 36.4 Å². The highest BCUT2D eigenvalue weighted by atomic mass is 32.1. The fourth-order valence-corrected chi connectivity index (χ4v) is 15.7. The lowest BCUT2D eigenvalue weighted by Gasteiger charge is -2.13. The maximum Gasteiger partial charge on any atom is 0.235 e. The van der Waals surface area contributed by atoms with Crippen LogP contribution in [-0.4, -0.2) is 59.8 Å². The largest absolute Gasteiger partial charge is 0.307 e. The van der Waals surface area contributed by atoms with Gasteiger partial charge in [-0.2, -0.15) is 0 Å². The summed E-state index contributed by atoms with van der Waals surface area (Å²) in [5.74, 6) is 7.19. The molecule has 6 aromatic heterocycles. The number of Topliss-reactive ketones (excluding diaryl/α,β-unsaturated/α-hetero) is 5. The minimum Gasteiger partial charge on any atom is -0.307 e. The molecule has 0 amide bonds. The Bertz CT molecular complexity index is 4610. The third kappa shape index (κ3) is 12.4. The molecule has 9 heterocycles. The Morgan fingerprint density at radius 3 is 1.06 bits per heavy atom. The van der Waals surface area contributed by atoms with Crippen LogP contribution in [0.3, 0.4) is 0 Å². The van der Waals surface area contributed by atoms with E-state index in [9.17, 15) is 24.0 Å². The first-order valence-electron chi connectivity index (χ1n) is 29.8. The van der Waals surface area contributed by atoms with E-state index in [0.717, 1.165) is 94.7 Å². The third-order valence-corrected chi connectivity index (χ3v) is 20.5. The summed E-state index contributed by atoms with van der Waals surface area (Å²) < 4.78 is 6.77. The van der Waals surface area contributed by atoms with E-state index in [-0.39, 0.29) is 53.5 Å². The zero-order valence-corrected chi connectivity index (χ0v) is 55.3. The summed E-state index contributed by atoms with van der Waals surface area (Å²) in [6.45, 7) is 23.9. The number of carbonyl (C=O) groups excluding carboxylic acids is 5. The first-order chi connectivity index (χ1) is 43.0. The smallest absolute Gasteiger partial charge is 0.235 e. The topological polar surface area (TPSA) is 137 Å². The SMILES string of the molecule is C#CC(=O)c1ccc(C2=N[C@@H](CC(C)=O)c3ccc(C)n3-c3sc(C)c(C)c32)cc1.C#CCC(=O)c1ccc(C2=N[C@@H](CC(C)=O)c3ccc(C)n3-c3sc(C)c(C)c32)cc1.C#CCc1ccc(C2=N[C@@H](CC(C)=O)c3ccc(C)n3-c3sc(C)c(C)c32)cc1. The molecule has 0 saturated heterocycles. The van der Waals surface area contributed by atoms with Gasteiger partial charge in [0, 0.05) is 119 Å². The van der Waals surface area contributed by atoms with E-state index in [4.69, 9.17) is 34.2 Å². The second-order valence-electron chi connectivity index (χ2n) is 23.3. The molecule has 3 atom stereocenters. The number of hydrogen-bond donors (Lipinski definition) is 0. The van der Waals surface area contributed by atoms with Gasteiger partial charge in [0.1, 0.15) is 32.4 Å². The van der Waals surface area contributed by atoms with E-state index in [1.165, 1.54) is 41.9 Å². The molecule has 90 heavy (non-hydrogen) atoms. The number of carbonyl (C=O) groups is 5. The second kappa shape index (κ2) is 26.4. The van der Waals surface area contributed by atoms with Crippen molar-refractivity contribution < 1.29 is 24.0 Å². The number of aromatic nitrogens is 3. The monoisotopic (exact) mass is 1240 g/mol. The molecule has 0 radical (unpaired) electrons. The van der Waals surface area contributed by atoms with Crippen molar-refractivity contribution in [3.8, 4) is 52.0 Å². The molecule has 11 nitrogen and oxygen atoms in total. The highest BCUT2D eigenvalue weighted by Gasteiger charge is 2.34. The Hall–Kier alpha value is -9.36. The number of aryl methyl sites for hydroxylation is 6. The lowest BCUT2D eigenvalue weighted by molar-refractivity contribution is -0.118. The van der Waals surface area contributed by atoms with Crippen molar-refractivity contribution in [1.29, 1.82) is 0 Å². The molecule has 14 heteroatoms. The van der Waals surface area contributed by atoms with Gasteiger partial charge in [0.25, 0.3) is 0 Å². The van der Waals surface area contributed by atoms with Gasteiger partial charge in [-0.3, -0.25) is 38.9 Å². The van der Waals surface area contributed by atoms with Gasteiger partial charge in [-0.15, -0.1) is 59.2 Å². The summed E-state index contributed by atoms with van der Waals surface area (Å²) in [4.78, 5) is 79.3. The van der Waals surface area contributed by atoms with Crippen LogP contribution in [0.1, 0.15) is 190 Å². The average molecular weight is 1240 g/mol. The minimum atomic E-state index is -0.339. The van der Waals surface area contributed by atoms with Gasteiger partial charge in [-0.1, -0.05) is 66.6 Å². The van der Waals surface area contributed by atoms with E-state index >= 15 is 0 Å². The van der Waals surface area contributed by atoms with Crippen molar-refractivity contribution in [2.24, 2.45) is 15.0 Å². The molecule has 0 N–H and O–H groups in total. The van der Waals surface area contributed by atoms with Gasteiger partial charge >= 0.3 is 0 Å². The van der Waals surface area contributed by atoms with Gasteiger partial charge in [-0.25, -0.2) is 0 Å². The molecule has 0 aliphatic carbocycles. The summed E-state index contributed by atoms with van der Waals surface area (Å²) >= 11 is 5.28. The molecule has 3 aliphatic rings. The Balaban J connectivity index is 0.000000149. The molecular formula is C76H70N6O5S3. The Kier molecular flexibility index (Phi) is 18.7. The van der Waals surface area contributed by atoms with Gasteiger partial charge in [0.2, 0.25) is 5.78 Å². The fraction of sp³-hybridized carbons (Fsp3) is 0.263. The number of terminal acetylenes is 3. The maximum absolute atomic E-state index is 12.2. The number of nitrogens with zero attached hydrogens (tertiary/aromatic N) is 6. The van der Waals surface area contributed by atoms with E-state index in [0.29, 0.717) is 36.8 Å². The third-order valence-electron chi connectivity index (χ3n) is 16.9. The van der Waals surface area contributed by atoms with E-state index in [2.05, 4.69) is 154 Å². The molecule has 0 fully saturated rings. The van der Waals surface area contributed by atoms with Gasteiger partial charge < -0.3 is 13.7 Å². The maximum atomic E-state index is 12.2. The summed E-state index contributed by atoms with van der Waals surface area (Å²) in [7, 11) is 0. The average Bonchev–Trinajstić information content (AvgIpc) is 1.68. The van der Waals surface area contributed by atoms with Crippen LogP contribution < -0.4 is 0 Å². The normalized spacial score (nSPS) is 14.9. The van der Waals surface area contributed by atoms with E-state index in [1.54, 1.807) is 66.9 Å². The van der Waals surface area contributed by atoms with Crippen molar-refractivity contribution >= 4 is 80.1 Å². The van der Waals surface area contributed by atoms with Crippen molar-refractivity contribution in [2.75, 3.05) is 0 Å². The van der Waals surface area contributed by atoms with Crippen molar-refractivity contribution in [2.45, 2.75) is 133 Å². The fourth-order valence-electron chi connectivity index (χ4n) is 12.0. The van der Waals surface area contributed by atoms with Crippen LogP contribution in [0.15, 0.2) is 124 Å². The molecule has 0 spiro atoms. The first-order valence-corrected chi connectivity index (χ1v) is 32.3. The number of fused-ring (bicyclic) bond motifs is 9. The first kappa shape index (κ1) is 63.7. The van der Waals surface area contributed by atoms with Crippen LogP contribution in [-0.2, 0) is 20.8 Å². The van der Waals surface area contributed by atoms with Crippen LogP contribution in [0.5, 0.6) is 0 Å². The van der Waals surface area contributed by atoms with Crippen molar-refractivity contribution in [1.82, 2.24) is 13.7 Å². The van der Waals surface area contributed by atoms with Crippen molar-refractivity contribution in [3.63, 3.8) is 0 Å². The number of benzene rings is 3. The van der Waals surface area contributed by atoms with Crippen molar-refractivity contribution in [3.05, 3.63) is 225 Å². The van der Waals surface area contributed by atoms with Gasteiger partial charge in [0.15, 0.2) is 5.78 Å². The van der Waals surface area contributed by atoms with Gasteiger partial charge in [0.05, 0.1) is 41.7 Å². The summed E-state index contributed by atoms with van der Waals surface area (Å²) in [5.41, 5.74) is 21.3. The quantitative estimate of drug-likeness (QED) is 0.0643. The summed E-state index contributed by atoms with van der Waals surface area (Å²) in [5, 5.41) is 3.44. The zero-order valence-electron chi connectivity index (χ0n) is 52.8. The van der Waals surface area contributed by atoms with Crippen LogP contribution in [0.4, 0.5) is 0 Å². The molecule has 12 rings (SSSR count). The molecule has 0 bridgehead atoms. The number of aliphatic imine (C=N–C) groups is 3. The second-order valence-corrected chi connectivity index (χ2v) is 26.9. The molecule has 9 aromatic rings. The number of ketones is 5. The lowest BCUT2D eigenvalue weighted by atomic mass is 9.97. The van der Waals surface area contributed by atoms with Crippen LogP contribution in [0.25, 0.3) is 15.0 Å². The minimum absolute atomic E-state index is 0.0684. The van der Waals surface area contributed by atoms with Crippen LogP contribution >= 0.6 is 34.0 Å². The highest BCUT2D eigenvalue weighted by Crippen LogP contribution is 2.44. The Labute approximate surface area is 539 Å². The number of thiophene rings is 3. The summed E-state index contributed by atoms with van der Waals surface area (Å²) in [6, 6.07) is 34.9. The predicted octanol–water partition coefficient (Wildman–Crippen LogP) is 16.2. The van der Waals surface area contributed by atoms with Crippen LogP contribution in [0.2, 0.25) is 0 Å². The number of hydrogen-bond acceptors (Lipinski definition) is 11. The lowest BCUT2D eigenvalue weighted by Crippen LogP contribution is -2.09. The highest BCUT2D eigenvalue weighted by molar-refractivity contribution is 7.15. The zero-order chi connectivity index (χ0) is 64.6.